The summed E-state index contributed by atoms with van der Waals surface area (Å²) in [6.45, 7) is 2.82. The third-order valence-electron chi connectivity index (χ3n) is 6.06. The molecular formula is C21H26N4O2. The fraction of sp³-hybridized carbons (Fsp3) is 0.524. The van der Waals surface area contributed by atoms with Gasteiger partial charge in [-0.1, -0.05) is 29.2 Å². The maximum atomic E-state index is 6.44. The molecule has 1 aliphatic heterocycles. The third-order valence-corrected chi connectivity index (χ3v) is 6.06. The van der Waals surface area contributed by atoms with Crippen LogP contribution in [0.4, 0.5) is 0 Å². The van der Waals surface area contributed by atoms with Crippen molar-refractivity contribution in [3.05, 3.63) is 42.4 Å². The van der Waals surface area contributed by atoms with E-state index >= 15 is 0 Å². The van der Waals surface area contributed by atoms with E-state index in [0.29, 0.717) is 6.04 Å². The smallest absolute Gasteiger partial charge is 0.129 e. The molecule has 2 aromatic heterocycles. The molecular weight excluding hydrogens is 340 g/mol. The summed E-state index contributed by atoms with van der Waals surface area (Å²) in [5.41, 5.74) is 2.21. The highest BCUT2D eigenvalue weighted by molar-refractivity contribution is 5.86. The van der Waals surface area contributed by atoms with Crippen LogP contribution < -0.4 is 4.74 Å². The van der Waals surface area contributed by atoms with Crippen molar-refractivity contribution in [3.8, 4) is 5.75 Å². The highest BCUT2D eigenvalue weighted by atomic mass is 16.6. The lowest BCUT2D eigenvalue weighted by Gasteiger charge is -2.31. The summed E-state index contributed by atoms with van der Waals surface area (Å²) in [6, 6.07) is 9.38. The van der Waals surface area contributed by atoms with Crippen molar-refractivity contribution in [3.63, 3.8) is 0 Å². The molecule has 1 saturated heterocycles. The molecule has 0 unspecified atom stereocenters. The van der Waals surface area contributed by atoms with Crippen LogP contribution in [0, 0.1) is 0 Å². The minimum Gasteiger partial charge on any atom is -0.490 e. The predicted octanol–water partition coefficient (Wildman–Crippen LogP) is 4.18. The van der Waals surface area contributed by atoms with Gasteiger partial charge in [-0.3, -0.25) is 4.90 Å². The number of hydrogen-bond acceptors (Lipinski definition) is 5. The Balaban J connectivity index is 1.25. The number of aromatic nitrogens is 3. The molecule has 1 aliphatic carbocycles. The van der Waals surface area contributed by atoms with Crippen LogP contribution >= 0.6 is 0 Å². The maximum absolute atomic E-state index is 6.44. The largest absolute Gasteiger partial charge is 0.490 e. The van der Waals surface area contributed by atoms with Gasteiger partial charge < -0.3 is 9.30 Å². The molecule has 3 heterocycles. The van der Waals surface area contributed by atoms with Crippen molar-refractivity contribution in [2.45, 2.75) is 57.2 Å². The summed E-state index contributed by atoms with van der Waals surface area (Å²) >= 11 is 0. The van der Waals surface area contributed by atoms with E-state index < -0.39 is 0 Å². The molecule has 6 heteroatoms. The Morgan fingerprint density at radius 2 is 1.93 bits per heavy atom. The van der Waals surface area contributed by atoms with E-state index in [9.17, 15) is 0 Å². The Labute approximate surface area is 159 Å². The Bertz CT molecular complexity index is 875. The Morgan fingerprint density at radius 3 is 2.70 bits per heavy atom. The van der Waals surface area contributed by atoms with E-state index in [1.165, 1.54) is 36.6 Å². The molecule has 5 rings (SSSR count). The average Bonchev–Trinajstić information content (AvgIpc) is 3.45. The first kappa shape index (κ1) is 16.8. The number of rotatable bonds is 5. The molecule has 1 saturated carbocycles. The monoisotopic (exact) mass is 366 g/mol. The second kappa shape index (κ2) is 7.35. The normalized spacial score (nSPS) is 19.9. The van der Waals surface area contributed by atoms with Gasteiger partial charge >= 0.3 is 0 Å². The van der Waals surface area contributed by atoms with Gasteiger partial charge in [0.15, 0.2) is 0 Å². The van der Waals surface area contributed by atoms with Crippen molar-refractivity contribution >= 4 is 10.9 Å². The lowest BCUT2D eigenvalue weighted by molar-refractivity contribution is 0.0965. The number of fused-ring (bicyclic) bond motifs is 1. The van der Waals surface area contributed by atoms with Gasteiger partial charge in [0.2, 0.25) is 0 Å². The van der Waals surface area contributed by atoms with Crippen LogP contribution in [-0.2, 0) is 6.54 Å². The molecule has 142 valence electrons. The summed E-state index contributed by atoms with van der Waals surface area (Å²) in [5.74, 6) is 1.03. The first-order chi connectivity index (χ1) is 13.4. The van der Waals surface area contributed by atoms with Crippen molar-refractivity contribution in [2.75, 3.05) is 13.1 Å². The van der Waals surface area contributed by atoms with Gasteiger partial charge in [0.1, 0.15) is 17.5 Å². The Morgan fingerprint density at radius 1 is 1.07 bits per heavy atom. The minimum absolute atomic E-state index is 0.275. The summed E-state index contributed by atoms with van der Waals surface area (Å²) in [5, 5.41) is 8.83. The molecule has 2 aliphatic rings. The zero-order valence-corrected chi connectivity index (χ0v) is 15.6. The Hall–Kier alpha value is -2.34. The molecule has 0 N–H and O–H groups in total. The zero-order chi connectivity index (χ0) is 18.1. The van der Waals surface area contributed by atoms with Crippen LogP contribution in [-0.4, -0.2) is 39.0 Å². The van der Waals surface area contributed by atoms with E-state index in [2.05, 4.69) is 54.9 Å². The maximum Gasteiger partial charge on any atom is 0.129 e. The van der Waals surface area contributed by atoms with Crippen LogP contribution in [0.5, 0.6) is 5.75 Å². The highest BCUT2D eigenvalue weighted by Gasteiger charge is 2.23. The fourth-order valence-electron chi connectivity index (χ4n) is 4.61. The first-order valence-electron chi connectivity index (χ1n) is 10.1. The van der Waals surface area contributed by atoms with Gasteiger partial charge in [0, 0.05) is 37.3 Å². The summed E-state index contributed by atoms with van der Waals surface area (Å²) < 4.78 is 13.6. The predicted molar refractivity (Wildman–Crippen MR) is 103 cm³/mol. The summed E-state index contributed by atoms with van der Waals surface area (Å²) in [4.78, 5) is 2.39. The molecule has 6 nitrogen and oxygen atoms in total. The van der Waals surface area contributed by atoms with Crippen molar-refractivity contribution in [1.29, 1.82) is 0 Å². The molecule has 0 spiro atoms. The van der Waals surface area contributed by atoms with E-state index in [0.717, 1.165) is 43.9 Å². The molecule has 3 aromatic rings. The van der Waals surface area contributed by atoms with Gasteiger partial charge in [-0.25, -0.2) is 4.63 Å². The van der Waals surface area contributed by atoms with Crippen LogP contribution in [0.3, 0.4) is 0 Å². The average molecular weight is 366 g/mol. The first-order valence-corrected chi connectivity index (χ1v) is 10.1. The molecule has 1 aromatic carbocycles. The molecule has 27 heavy (non-hydrogen) atoms. The van der Waals surface area contributed by atoms with Gasteiger partial charge in [-0.05, 0) is 43.9 Å². The summed E-state index contributed by atoms with van der Waals surface area (Å²) in [6.07, 6.45) is 11.6. The van der Waals surface area contributed by atoms with E-state index in [4.69, 9.17) is 4.74 Å². The van der Waals surface area contributed by atoms with Crippen LogP contribution in [0.25, 0.3) is 10.9 Å². The van der Waals surface area contributed by atoms with Gasteiger partial charge in [-0.15, -0.1) is 0 Å². The fourth-order valence-corrected chi connectivity index (χ4v) is 4.61. The van der Waals surface area contributed by atoms with Crippen LogP contribution in [0.2, 0.25) is 0 Å². The quantitative estimate of drug-likeness (QED) is 0.678. The lowest BCUT2D eigenvalue weighted by atomic mass is 10.1. The summed E-state index contributed by atoms with van der Waals surface area (Å²) in [7, 11) is 0. The number of hydrogen-bond donors (Lipinski definition) is 0. The van der Waals surface area contributed by atoms with E-state index in [-0.39, 0.29) is 6.10 Å². The van der Waals surface area contributed by atoms with Crippen molar-refractivity contribution in [1.82, 2.24) is 19.8 Å². The molecule has 0 bridgehead atoms. The molecule has 0 radical (unpaired) electrons. The number of piperidine rings is 1. The second-order valence-corrected chi connectivity index (χ2v) is 7.84. The highest BCUT2D eigenvalue weighted by Crippen LogP contribution is 2.36. The third kappa shape index (κ3) is 3.46. The van der Waals surface area contributed by atoms with E-state index in [1.807, 2.05) is 0 Å². The number of ether oxygens (including phenoxy) is 1. The standard InChI is InChI=1S/C21H26N4O2/c1-2-5-17(4-1)25-13-10-19-20(25)6-3-7-21(19)26-18-8-11-24(12-9-18)15-16-14-22-27-23-16/h3,6-7,10,13-14,17-18H,1-2,4-5,8-9,11-12,15H2. The van der Waals surface area contributed by atoms with Crippen molar-refractivity contribution in [2.24, 2.45) is 0 Å². The van der Waals surface area contributed by atoms with Gasteiger partial charge in [-0.2, -0.15) is 0 Å². The number of likely N-dealkylation sites (tertiary alicyclic amines) is 1. The van der Waals surface area contributed by atoms with Crippen LogP contribution in [0.1, 0.15) is 50.3 Å². The molecule has 0 atom stereocenters. The topological polar surface area (TPSA) is 56.3 Å². The molecule has 0 amide bonds. The SMILES string of the molecule is c1cc(OC2CCN(Cc3cnon3)CC2)c2ccn(C3CCCC3)c2c1. The number of benzene rings is 1. The van der Waals surface area contributed by atoms with E-state index in [1.54, 1.807) is 6.20 Å². The zero-order valence-electron chi connectivity index (χ0n) is 15.6. The van der Waals surface area contributed by atoms with Gasteiger partial charge in [0.05, 0.1) is 11.7 Å². The number of nitrogens with zero attached hydrogens (tertiary/aromatic N) is 4. The second-order valence-electron chi connectivity index (χ2n) is 7.84. The minimum atomic E-state index is 0.275. The van der Waals surface area contributed by atoms with Crippen LogP contribution in [0.15, 0.2) is 41.3 Å². The van der Waals surface area contributed by atoms with Gasteiger partial charge in [0.25, 0.3) is 0 Å². The molecule has 2 fully saturated rings. The lowest BCUT2D eigenvalue weighted by Crippen LogP contribution is -2.37. The Kier molecular flexibility index (Phi) is 4.57. The van der Waals surface area contributed by atoms with Crippen molar-refractivity contribution < 1.29 is 9.37 Å².